The van der Waals surface area contributed by atoms with Gasteiger partial charge in [-0.05, 0) is 25.1 Å². The van der Waals surface area contributed by atoms with Gasteiger partial charge in [0.25, 0.3) is 0 Å². The fourth-order valence-electron chi connectivity index (χ4n) is 1.98. The van der Waals surface area contributed by atoms with Crippen molar-refractivity contribution in [3.8, 4) is 0 Å². The Bertz CT molecular complexity index is 596. The van der Waals surface area contributed by atoms with Gasteiger partial charge < -0.3 is 11.1 Å². The standard InChI is InChI=1S/C14H18N4OS/c1-10(12-7-8-16-18(12)2)17-11-5-3-4-6-13(11)20-9-14(15)19/h3-8,10,17H,9H2,1-2H3,(H2,15,19). The fourth-order valence-corrected chi connectivity index (χ4v) is 2.73. The van der Waals surface area contributed by atoms with Gasteiger partial charge in [-0.3, -0.25) is 9.48 Å². The highest BCUT2D eigenvalue weighted by Crippen LogP contribution is 2.29. The smallest absolute Gasteiger partial charge is 0.227 e. The van der Waals surface area contributed by atoms with Gasteiger partial charge >= 0.3 is 0 Å². The minimum atomic E-state index is -0.315. The number of para-hydroxylation sites is 1. The first-order valence-corrected chi connectivity index (χ1v) is 7.31. The van der Waals surface area contributed by atoms with Crippen molar-refractivity contribution < 1.29 is 4.79 Å². The number of nitrogens with zero attached hydrogens (tertiary/aromatic N) is 2. The number of carbonyl (C=O) groups is 1. The maximum absolute atomic E-state index is 10.9. The highest BCUT2D eigenvalue weighted by atomic mass is 32.2. The van der Waals surface area contributed by atoms with Crippen molar-refractivity contribution in [1.82, 2.24) is 9.78 Å². The summed E-state index contributed by atoms with van der Waals surface area (Å²) < 4.78 is 1.84. The Hall–Kier alpha value is -1.95. The van der Waals surface area contributed by atoms with Gasteiger partial charge in [0, 0.05) is 23.8 Å². The zero-order valence-corrected chi connectivity index (χ0v) is 12.4. The molecule has 106 valence electrons. The van der Waals surface area contributed by atoms with Gasteiger partial charge in [0.1, 0.15) is 0 Å². The lowest BCUT2D eigenvalue weighted by Gasteiger charge is -2.18. The van der Waals surface area contributed by atoms with Crippen molar-refractivity contribution in [2.24, 2.45) is 12.8 Å². The molecule has 0 aliphatic heterocycles. The topological polar surface area (TPSA) is 72.9 Å². The van der Waals surface area contributed by atoms with E-state index < -0.39 is 0 Å². The summed E-state index contributed by atoms with van der Waals surface area (Å²) in [5.41, 5.74) is 7.29. The van der Waals surface area contributed by atoms with Crippen LogP contribution in [0.5, 0.6) is 0 Å². The van der Waals surface area contributed by atoms with E-state index in [1.807, 2.05) is 42.1 Å². The number of benzene rings is 1. The molecule has 0 radical (unpaired) electrons. The van der Waals surface area contributed by atoms with Crippen molar-refractivity contribution >= 4 is 23.4 Å². The quantitative estimate of drug-likeness (QED) is 0.800. The zero-order valence-electron chi connectivity index (χ0n) is 11.5. The lowest BCUT2D eigenvalue weighted by molar-refractivity contribution is -0.115. The van der Waals surface area contributed by atoms with E-state index in [1.165, 1.54) is 11.8 Å². The van der Waals surface area contributed by atoms with Crippen molar-refractivity contribution in [3.05, 3.63) is 42.2 Å². The molecule has 2 aromatic rings. The van der Waals surface area contributed by atoms with Crippen molar-refractivity contribution in [1.29, 1.82) is 0 Å². The Morgan fingerprint density at radius 3 is 2.85 bits per heavy atom. The summed E-state index contributed by atoms with van der Waals surface area (Å²) in [6, 6.07) is 9.99. The number of anilines is 1. The van der Waals surface area contributed by atoms with E-state index >= 15 is 0 Å². The Morgan fingerprint density at radius 2 is 2.20 bits per heavy atom. The molecule has 3 N–H and O–H groups in total. The highest BCUT2D eigenvalue weighted by molar-refractivity contribution is 8.00. The maximum Gasteiger partial charge on any atom is 0.227 e. The Kier molecular flexibility index (Phi) is 4.68. The molecule has 1 aromatic heterocycles. The molecule has 0 aliphatic rings. The van der Waals surface area contributed by atoms with E-state index in [4.69, 9.17) is 5.73 Å². The first-order chi connectivity index (χ1) is 9.58. The second-order valence-corrected chi connectivity index (χ2v) is 5.51. The number of hydrogen-bond acceptors (Lipinski definition) is 4. The lowest BCUT2D eigenvalue weighted by Crippen LogP contribution is -2.14. The summed E-state index contributed by atoms with van der Waals surface area (Å²) in [6.07, 6.45) is 1.78. The molecule has 0 saturated carbocycles. The number of primary amides is 1. The molecule has 1 amide bonds. The Morgan fingerprint density at radius 1 is 1.45 bits per heavy atom. The predicted molar refractivity (Wildman–Crippen MR) is 81.6 cm³/mol. The molecule has 1 unspecified atom stereocenters. The van der Waals surface area contributed by atoms with Crippen LogP contribution in [0.2, 0.25) is 0 Å². The van der Waals surface area contributed by atoms with Crippen LogP contribution < -0.4 is 11.1 Å². The van der Waals surface area contributed by atoms with Crippen LogP contribution in [0, 0.1) is 0 Å². The normalized spacial score (nSPS) is 12.1. The van der Waals surface area contributed by atoms with E-state index in [9.17, 15) is 4.79 Å². The maximum atomic E-state index is 10.9. The molecule has 0 fully saturated rings. The van der Waals surface area contributed by atoms with Gasteiger partial charge in [-0.2, -0.15) is 5.10 Å². The van der Waals surface area contributed by atoms with E-state index in [2.05, 4.69) is 17.3 Å². The summed E-state index contributed by atoms with van der Waals surface area (Å²) in [6.45, 7) is 2.08. The van der Waals surface area contributed by atoms with Crippen LogP contribution in [-0.4, -0.2) is 21.4 Å². The number of nitrogens with one attached hydrogen (secondary N) is 1. The minimum absolute atomic E-state index is 0.123. The molecule has 20 heavy (non-hydrogen) atoms. The average molecular weight is 290 g/mol. The lowest BCUT2D eigenvalue weighted by atomic mass is 10.2. The van der Waals surface area contributed by atoms with Gasteiger partial charge in [-0.25, -0.2) is 0 Å². The van der Waals surface area contributed by atoms with Crippen molar-refractivity contribution in [2.75, 3.05) is 11.1 Å². The summed E-state index contributed by atoms with van der Waals surface area (Å²) in [7, 11) is 1.92. The number of thioether (sulfide) groups is 1. The highest BCUT2D eigenvalue weighted by Gasteiger charge is 2.11. The van der Waals surface area contributed by atoms with Gasteiger partial charge in [-0.1, -0.05) is 12.1 Å². The molecule has 6 heteroatoms. The number of aryl methyl sites for hydroxylation is 1. The molecular formula is C14H18N4OS. The number of nitrogens with two attached hydrogens (primary N) is 1. The number of rotatable bonds is 6. The van der Waals surface area contributed by atoms with Crippen LogP contribution in [0.15, 0.2) is 41.4 Å². The summed E-state index contributed by atoms with van der Waals surface area (Å²) in [4.78, 5) is 11.9. The summed E-state index contributed by atoms with van der Waals surface area (Å²) >= 11 is 1.44. The second-order valence-electron chi connectivity index (χ2n) is 4.50. The minimum Gasteiger partial charge on any atom is -0.376 e. The Balaban J connectivity index is 2.12. The Labute approximate surface area is 122 Å². The molecule has 0 saturated heterocycles. The molecule has 1 heterocycles. The average Bonchev–Trinajstić information content (AvgIpc) is 2.84. The van der Waals surface area contributed by atoms with E-state index in [0.717, 1.165) is 16.3 Å². The second kappa shape index (κ2) is 6.47. The van der Waals surface area contributed by atoms with Crippen LogP contribution in [0.1, 0.15) is 18.7 Å². The molecule has 1 atom stereocenters. The first-order valence-electron chi connectivity index (χ1n) is 6.32. The molecular weight excluding hydrogens is 272 g/mol. The third-order valence-electron chi connectivity index (χ3n) is 2.93. The summed E-state index contributed by atoms with van der Waals surface area (Å²) in [5, 5.41) is 7.62. The van der Waals surface area contributed by atoms with Gasteiger partial charge in [0.15, 0.2) is 0 Å². The third kappa shape index (κ3) is 3.54. The van der Waals surface area contributed by atoms with Crippen LogP contribution >= 0.6 is 11.8 Å². The molecule has 2 rings (SSSR count). The van der Waals surface area contributed by atoms with Gasteiger partial charge in [0.2, 0.25) is 5.91 Å². The van der Waals surface area contributed by atoms with E-state index in [1.54, 1.807) is 6.20 Å². The molecule has 0 aliphatic carbocycles. The molecule has 1 aromatic carbocycles. The van der Waals surface area contributed by atoms with Crippen LogP contribution in [-0.2, 0) is 11.8 Å². The third-order valence-corrected chi connectivity index (χ3v) is 4.03. The van der Waals surface area contributed by atoms with Crippen molar-refractivity contribution in [2.45, 2.75) is 17.9 Å². The van der Waals surface area contributed by atoms with Gasteiger partial charge in [-0.15, -0.1) is 11.8 Å². The molecule has 5 nitrogen and oxygen atoms in total. The zero-order chi connectivity index (χ0) is 14.5. The predicted octanol–water partition coefficient (Wildman–Crippen LogP) is 2.17. The first kappa shape index (κ1) is 14.5. The van der Waals surface area contributed by atoms with Crippen LogP contribution in [0.4, 0.5) is 5.69 Å². The number of hydrogen-bond donors (Lipinski definition) is 2. The van der Waals surface area contributed by atoms with Crippen molar-refractivity contribution in [3.63, 3.8) is 0 Å². The van der Waals surface area contributed by atoms with E-state index in [0.29, 0.717) is 0 Å². The SMILES string of the molecule is CC(Nc1ccccc1SCC(N)=O)c1ccnn1C. The van der Waals surface area contributed by atoms with Crippen LogP contribution in [0.3, 0.4) is 0 Å². The number of aromatic nitrogens is 2. The van der Waals surface area contributed by atoms with Gasteiger partial charge in [0.05, 0.1) is 17.5 Å². The fraction of sp³-hybridized carbons (Fsp3) is 0.286. The number of amides is 1. The monoisotopic (exact) mass is 290 g/mol. The summed E-state index contributed by atoms with van der Waals surface area (Å²) in [5.74, 6) is -0.0387. The largest absolute Gasteiger partial charge is 0.376 e. The molecule has 0 bridgehead atoms. The number of carbonyl (C=O) groups excluding carboxylic acids is 1. The van der Waals surface area contributed by atoms with Crippen LogP contribution in [0.25, 0.3) is 0 Å². The van der Waals surface area contributed by atoms with E-state index in [-0.39, 0.29) is 17.7 Å². The molecule has 0 spiro atoms.